The van der Waals surface area contributed by atoms with Crippen molar-refractivity contribution in [3.63, 3.8) is 0 Å². The van der Waals surface area contributed by atoms with Crippen molar-refractivity contribution in [2.24, 2.45) is 0 Å². The van der Waals surface area contributed by atoms with Crippen LogP contribution in [0.5, 0.6) is 0 Å². The summed E-state index contributed by atoms with van der Waals surface area (Å²) < 4.78 is 0.923. The van der Waals surface area contributed by atoms with Crippen LogP contribution in [-0.4, -0.2) is 24.5 Å². The maximum absolute atomic E-state index is 12.3. The fraction of sp³-hybridized carbons (Fsp3) is 0.294. The van der Waals surface area contributed by atoms with E-state index in [0.717, 1.165) is 35.2 Å². The summed E-state index contributed by atoms with van der Waals surface area (Å²) in [5.74, 6) is -0.205. The smallest absolute Gasteiger partial charge is 0.274 e. The van der Waals surface area contributed by atoms with E-state index in [0.29, 0.717) is 5.69 Å². The highest BCUT2D eigenvalue weighted by Gasteiger charge is 2.10. The third kappa shape index (κ3) is 4.56. The molecule has 0 fully saturated rings. The van der Waals surface area contributed by atoms with Crippen molar-refractivity contribution >= 4 is 33.2 Å². The summed E-state index contributed by atoms with van der Waals surface area (Å²) in [6.07, 6.45) is 3.94. The molecule has 0 aliphatic heterocycles. The predicted octanol–water partition coefficient (Wildman–Crippen LogP) is 4.33. The lowest BCUT2D eigenvalue weighted by molar-refractivity contribution is 0.102. The van der Waals surface area contributed by atoms with E-state index in [1.54, 1.807) is 6.20 Å². The Morgan fingerprint density at radius 2 is 2.14 bits per heavy atom. The van der Waals surface area contributed by atoms with Crippen LogP contribution in [0.25, 0.3) is 0 Å². The van der Waals surface area contributed by atoms with Crippen LogP contribution in [0, 0.1) is 0 Å². The van der Waals surface area contributed by atoms with Crippen molar-refractivity contribution in [2.75, 3.05) is 23.8 Å². The summed E-state index contributed by atoms with van der Waals surface area (Å²) in [4.78, 5) is 18.6. The SMILES string of the molecule is CCCCN(C)c1ccnc(C(=O)Nc2cccc(Br)c2)c1. The first kappa shape index (κ1) is 16.5. The van der Waals surface area contributed by atoms with Gasteiger partial charge in [0.2, 0.25) is 0 Å². The van der Waals surface area contributed by atoms with Gasteiger partial charge in [-0.05, 0) is 36.8 Å². The zero-order valence-corrected chi connectivity index (χ0v) is 14.4. The molecule has 1 aromatic heterocycles. The number of rotatable bonds is 6. The molecule has 1 heterocycles. The zero-order valence-electron chi connectivity index (χ0n) is 12.8. The molecular weight excluding hydrogens is 342 g/mol. The first-order chi connectivity index (χ1) is 10.6. The van der Waals surface area contributed by atoms with Crippen molar-refractivity contribution < 1.29 is 4.79 Å². The molecule has 1 aromatic carbocycles. The molecule has 2 rings (SSSR count). The minimum atomic E-state index is -0.205. The number of aromatic nitrogens is 1. The molecule has 0 aliphatic carbocycles. The molecule has 4 nitrogen and oxygen atoms in total. The average Bonchev–Trinajstić information content (AvgIpc) is 2.52. The largest absolute Gasteiger partial charge is 0.374 e. The summed E-state index contributed by atoms with van der Waals surface area (Å²) in [7, 11) is 2.03. The summed E-state index contributed by atoms with van der Waals surface area (Å²) in [6, 6.07) is 11.2. The molecule has 1 amide bonds. The lowest BCUT2D eigenvalue weighted by Gasteiger charge is -2.19. The van der Waals surface area contributed by atoms with E-state index in [1.807, 2.05) is 43.4 Å². The van der Waals surface area contributed by atoms with Crippen LogP contribution in [0.2, 0.25) is 0 Å². The number of carbonyl (C=O) groups excluding carboxylic acids is 1. The van der Waals surface area contributed by atoms with Crippen LogP contribution in [-0.2, 0) is 0 Å². The number of benzene rings is 1. The van der Waals surface area contributed by atoms with Crippen molar-refractivity contribution in [2.45, 2.75) is 19.8 Å². The van der Waals surface area contributed by atoms with Crippen molar-refractivity contribution in [1.82, 2.24) is 4.98 Å². The molecule has 2 aromatic rings. The Hall–Kier alpha value is -1.88. The standard InChI is InChI=1S/C17H20BrN3O/c1-3-4-10-21(2)15-8-9-19-16(12-15)17(22)20-14-7-5-6-13(18)11-14/h5-9,11-12H,3-4,10H2,1-2H3,(H,20,22). The molecule has 0 bridgehead atoms. The van der Waals surface area contributed by atoms with Gasteiger partial charge in [-0.15, -0.1) is 0 Å². The zero-order chi connectivity index (χ0) is 15.9. The number of halogens is 1. The maximum Gasteiger partial charge on any atom is 0.274 e. The normalized spacial score (nSPS) is 10.3. The third-order valence-electron chi connectivity index (χ3n) is 3.35. The van der Waals surface area contributed by atoms with Gasteiger partial charge in [-0.25, -0.2) is 0 Å². The van der Waals surface area contributed by atoms with E-state index in [-0.39, 0.29) is 5.91 Å². The topological polar surface area (TPSA) is 45.2 Å². The monoisotopic (exact) mass is 361 g/mol. The number of pyridine rings is 1. The van der Waals surface area contributed by atoms with Crippen molar-refractivity contribution in [3.8, 4) is 0 Å². The van der Waals surface area contributed by atoms with Gasteiger partial charge in [-0.1, -0.05) is 35.3 Å². The van der Waals surface area contributed by atoms with E-state index >= 15 is 0 Å². The second-order valence-corrected chi connectivity index (χ2v) is 6.05. The highest BCUT2D eigenvalue weighted by molar-refractivity contribution is 9.10. The fourth-order valence-electron chi connectivity index (χ4n) is 2.07. The highest BCUT2D eigenvalue weighted by Crippen LogP contribution is 2.18. The number of hydrogen-bond donors (Lipinski definition) is 1. The molecular formula is C17H20BrN3O. The summed E-state index contributed by atoms with van der Waals surface area (Å²) in [5, 5.41) is 2.86. The molecule has 5 heteroatoms. The van der Waals surface area contributed by atoms with Crippen LogP contribution >= 0.6 is 15.9 Å². The molecule has 0 aliphatic rings. The number of amides is 1. The molecule has 0 radical (unpaired) electrons. The van der Waals surface area contributed by atoms with E-state index in [4.69, 9.17) is 0 Å². The number of carbonyl (C=O) groups is 1. The van der Waals surface area contributed by atoms with Crippen molar-refractivity contribution in [1.29, 1.82) is 0 Å². The molecule has 0 unspecified atom stereocenters. The van der Waals surface area contributed by atoms with Gasteiger partial charge in [-0.3, -0.25) is 9.78 Å². The average molecular weight is 362 g/mol. The molecule has 0 saturated carbocycles. The van der Waals surface area contributed by atoms with Crippen LogP contribution in [0.15, 0.2) is 47.1 Å². The molecule has 0 atom stereocenters. The van der Waals surface area contributed by atoms with Crippen molar-refractivity contribution in [3.05, 3.63) is 52.8 Å². The Kier molecular flexibility index (Phi) is 5.95. The Morgan fingerprint density at radius 3 is 2.86 bits per heavy atom. The van der Waals surface area contributed by atoms with Crippen LogP contribution in [0.1, 0.15) is 30.3 Å². The second kappa shape index (κ2) is 7.94. The Balaban J connectivity index is 2.10. The number of nitrogens with zero attached hydrogens (tertiary/aromatic N) is 2. The predicted molar refractivity (Wildman–Crippen MR) is 94.5 cm³/mol. The molecule has 22 heavy (non-hydrogen) atoms. The van der Waals surface area contributed by atoms with Gasteiger partial charge in [0.1, 0.15) is 5.69 Å². The lowest BCUT2D eigenvalue weighted by Crippen LogP contribution is -2.20. The highest BCUT2D eigenvalue weighted by atomic mass is 79.9. The minimum absolute atomic E-state index is 0.205. The maximum atomic E-state index is 12.3. The van der Waals surface area contributed by atoms with Gasteiger partial charge in [-0.2, -0.15) is 0 Å². The first-order valence-corrected chi connectivity index (χ1v) is 8.13. The first-order valence-electron chi connectivity index (χ1n) is 7.34. The fourth-order valence-corrected chi connectivity index (χ4v) is 2.47. The van der Waals surface area contributed by atoms with E-state index < -0.39 is 0 Å². The van der Waals surface area contributed by atoms with Crippen LogP contribution in [0.3, 0.4) is 0 Å². The van der Waals surface area contributed by atoms with E-state index in [9.17, 15) is 4.79 Å². The van der Waals surface area contributed by atoms with Crippen LogP contribution in [0.4, 0.5) is 11.4 Å². The number of unbranched alkanes of at least 4 members (excludes halogenated alkanes) is 1. The van der Waals surface area contributed by atoms with Crippen LogP contribution < -0.4 is 10.2 Å². The van der Waals surface area contributed by atoms with Gasteiger partial charge in [0.05, 0.1) is 0 Å². The summed E-state index contributed by atoms with van der Waals surface area (Å²) >= 11 is 3.39. The minimum Gasteiger partial charge on any atom is -0.374 e. The Morgan fingerprint density at radius 1 is 1.32 bits per heavy atom. The molecule has 0 spiro atoms. The Bertz CT molecular complexity index is 645. The summed E-state index contributed by atoms with van der Waals surface area (Å²) in [5.41, 5.74) is 2.16. The quantitative estimate of drug-likeness (QED) is 0.832. The van der Waals surface area contributed by atoms with Gasteiger partial charge in [0, 0.05) is 35.6 Å². The Labute approximate surface area is 139 Å². The van der Waals surface area contributed by atoms with Gasteiger partial charge in [0.25, 0.3) is 5.91 Å². The van der Waals surface area contributed by atoms with Gasteiger partial charge >= 0.3 is 0 Å². The van der Waals surface area contributed by atoms with E-state index in [1.165, 1.54) is 0 Å². The van der Waals surface area contributed by atoms with Gasteiger partial charge < -0.3 is 10.2 Å². The third-order valence-corrected chi connectivity index (χ3v) is 3.84. The second-order valence-electron chi connectivity index (χ2n) is 5.14. The number of hydrogen-bond acceptors (Lipinski definition) is 3. The number of nitrogens with one attached hydrogen (secondary N) is 1. The van der Waals surface area contributed by atoms with Gasteiger partial charge in [0.15, 0.2) is 0 Å². The lowest BCUT2D eigenvalue weighted by atomic mass is 10.2. The molecule has 116 valence electrons. The number of anilines is 2. The van der Waals surface area contributed by atoms with E-state index in [2.05, 4.69) is 38.1 Å². The summed E-state index contributed by atoms with van der Waals surface area (Å²) in [6.45, 7) is 3.13. The molecule has 1 N–H and O–H groups in total. The molecule has 0 saturated heterocycles.